The highest BCUT2D eigenvalue weighted by molar-refractivity contribution is 7.47. The van der Waals surface area contributed by atoms with Gasteiger partial charge in [-0.1, -0.05) is 299 Å². The summed E-state index contributed by atoms with van der Waals surface area (Å²) in [5.41, 5.74) is 0. The second kappa shape index (κ2) is 56.9. The molecule has 0 spiro atoms. The van der Waals surface area contributed by atoms with Crippen molar-refractivity contribution in [2.45, 2.75) is 315 Å². The van der Waals surface area contributed by atoms with Gasteiger partial charge in [0.1, 0.15) is 13.2 Å². The summed E-state index contributed by atoms with van der Waals surface area (Å²) in [6, 6.07) is -0.844. The van der Waals surface area contributed by atoms with Crippen molar-refractivity contribution < 1.29 is 32.9 Å². The van der Waals surface area contributed by atoms with Gasteiger partial charge >= 0.3 is 7.82 Å². The van der Waals surface area contributed by atoms with E-state index in [0.717, 1.165) is 64.2 Å². The second-order valence-electron chi connectivity index (χ2n) is 23.1. The van der Waals surface area contributed by atoms with Gasteiger partial charge in [-0.3, -0.25) is 13.8 Å². The summed E-state index contributed by atoms with van der Waals surface area (Å²) < 4.78 is 23.7. The fourth-order valence-corrected chi connectivity index (χ4v) is 10.2. The van der Waals surface area contributed by atoms with Gasteiger partial charge in [-0.25, -0.2) is 4.57 Å². The van der Waals surface area contributed by atoms with Crippen LogP contribution in [0.15, 0.2) is 60.8 Å². The number of hydrogen-bond acceptors (Lipinski definition) is 5. The number of carbonyl (C=O) groups excluding carboxylic acids is 1. The number of amides is 1. The molecule has 0 rings (SSSR count). The summed E-state index contributed by atoms with van der Waals surface area (Å²) in [5.74, 6) is -0.173. The Balaban J connectivity index is 3.82. The van der Waals surface area contributed by atoms with Crippen LogP contribution in [0.4, 0.5) is 0 Å². The SMILES string of the molecule is CC/C=C\C/C=C\C/C=C\C/C=C\CCCCCCCCCCCCCCCCCCCCCCCCCCCCCCC(=O)NC(COP(=O)(O)OCC[N+](C)(C)C)C(O)/C=C/CCCCCCCCCCCC. The Kier molecular flexibility index (Phi) is 55.5. The Morgan fingerprint density at radius 3 is 1.17 bits per heavy atom. The molecule has 3 N–H and O–H groups in total. The number of hydrogen-bond donors (Lipinski definition) is 3. The summed E-state index contributed by atoms with van der Waals surface area (Å²) in [6.45, 7) is 4.72. The third kappa shape index (κ3) is 59.7. The highest BCUT2D eigenvalue weighted by Crippen LogP contribution is 2.43. The third-order valence-corrected chi connectivity index (χ3v) is 15.5. The minimum Gasteiger partial charge on any atom is -0.387 e. The molecule has 0 aliphatic rings. The standard InChI is InChI=1S/C66H125N2O6P/c1-6-8-10-12-14-16-18-20-21-22-23-24-25-26-27-28-29-30-31-32-33-34-35-36-37-38-39-40-41-42-43-44-45-46-47-48-50-52-54-56-58-60-66(70)67-64(63-74-75(71,72)73-62-61-68(3,4)5)65(69)59-57-55-53-51-49-19-17-15-13-11-9-7-2/h8,10,14,16,20-21,23-24,57,59,64-65,69H,6-7,9,11-13,15,17-19,22,25-56,58,60-63H2,1-5H3,(H-,67,70,71,72)/p+1/b10-8-,16-14-,21-20-,24-23-,59-57+. The first kappa shape index (κ1) is 73.2. The zero-order valence-corrected chi connectivity index (χ0v) is 51.2. The number of unbranched alkanes of at least 4 members (excludes halogenated alkanes) is 38. The molecule has 0 bridgehead atoms. The van der Waals surface area contributed by atoms with Gasteiger partial charge in [0.2, 0.25) is 5.91 Å². The molecule has 0 fully saturated rings. The molecule has 0 saturated carbocycles. The first-order valence-corrected chi connectivity index (χ1v) is 33.7. The predicted octanol–water partition coefficient (Wildman–Crippen LogP) is 20.0. The molecule has 440 valence electrons. The minimum atomic E-state index is -4.34. The van der Waals surface area contributed by atoms with Crippen molar-refractivity contribution in [3.63, 3.8) is 0 Å². The van der Waals surface area contributed by atoms with Crippen molar-refractivity contribution in [3.8, 4) is 0 Å². The molecule has 0 saturated heterocycles. The highest BCUT2D eigenvalue weighted by Gasteiger charge is 2.28. The van der Waals surface area contributed by atoms with Gasteiger partial charge in [-0.2, -0.15) is 0 Å². The Hall–Kier alpha value is -1.80. The monoisotopic (exact) mass is 1070 g/mol. The Morgan fingerprint density at radius 1 is 0.467 bits per heavy atom. The molecule has 0 aromatic carbocycles. The lowest BCUT2D eigenvalue weighted by Crippen LogP contribution is -2.45. The number of phosphoric ester groups is 1. The molecule has 0 heterocycles. The van der Waals surface area contributed by atoms with Crippen LogP contribution in [0.1, 0.15) is 303 Å². The molecular formula is C66H126N2O6P+. The highest BCUT2D eigenvalue weighted by atomic mass is 31.2. The van der Waals surface area contributed by atoms with E-state index in [1.807, 2.05) is 27.2 Å². The lowest BCUT2D eigenvalue weighted by atomic mass is 10.0. The van der Waals surface area contributed by atoms with Crippen molar-refractivity contribution in [1.82, 2.24) is 5.32 Å². The average molecular weight is 1070 g/mol. The van der Waals surface area contributed by atoms with Gasteiger partial charge in [-0.15, -0.1) is 0 Å². The summed E-state index contributed by atoms with van der Waals surface area (Å²) in [4.78, 5) is 23.3. The smallest absolute Gasteiger partial charge is 0.387 e. The van der Waals surface area contributed by atoms with Crippen molar-refractivity contribution in [2.24, 2.45) is 0 Å². The zero-order valence-electron chi connectivity index (χ0n) is 50.3. The first-order valence-electron chi connectivity index (χ1n) is 32.2. The largest absolute Gasteiger partial charge is 0.472 e. The number of nitrogens with one attached hydrogen (secondary N) is 1. The van der Waals surface area contributed by atoms with Crippen LogP contribution in [-0.2, 0) is 18.4 Å². The van der Waals surface area contributed by atoms with Crippen LogP contribution in [0.3, 0.4) is 0 Å². The molecule has 0 aliphatic carbocycles. The van der Waals surface area contributed by atoms with Gasteiger partial charge in [-0.05, 0) is 57.8 Å². The van der Waals surface area contributed by atoms with Crippen LogP contribution < -0.4 is 5.32 Å². The maximum Gasteiger partial charge on any atom is 0.472 e. The molecule has 0 aromatic heterocycles. The van der Waals surface area contributed by atoms with E-state index in [0.29, 0.717) is 17.4 Å². The van der Waals surface area contributed by atoms with Crippen molar-refractivity contribution in [2.75, 3.05) is 40.9 Å². The van der Waals surface area contributed by atoms with Gasteiger partial charge in [0.05, 0.1) is 39.9 Å². The average Bonchev–Trinajstić information content (AvgIpc) is 3.37. The number of phosphoric acid groups is 1. The summed E-state index contributed by atoms with van der Waals surface area (Å²) >= 11 is 0. The maximum atomic E-state index is 13.0. The topological polar surface area (TPSA) is 105 Å². The molecule has 1 amide bonds. The molecule has 8 nitrogen and oxygen atoms in total. The van der Waals surface area contributed by atoms with Gasteiger partial charge in [0.15, 0.2) is 0 Å². The van der Waals surface area contributed by atoms with E-state index >= 15 is 0 Å². The number of carbonyl (C=O) groups is 1. The predicted molar refractivity (Wildman–Crippen MR) is 327 cm³/mol. The molecule has 75 heavy (non-hydrogen) atoms. The first-order chi connectivity index (χ1) is 36.5. The van der Waals surface area contributed by atoms with Crippen LogP contribution in [0, 0.1) is 0 Å². The van der Waals surface area contributed by atoms with Crippen molar-refractivity contribution in [1.29, 1.82) is 0 Å². The van der Waals surface area contributed by atoms with Crippen LogP contribution in [-0.4, -0.2) is 73.4 Å². The summed E-state index contributed by atoms with van der Waals surface area (Å²) in [7, 11) is 1.58. The van der Waals surface area contributed by atoms with Gasteiger partial charge < -0.3 is 19.8 Å². The number of quaternary nitrogens is 1. The molecule has 0 aliphatic heterocycles. The van der Waals surface area contributed by atoms with E-state index in [1.54, 1.807) is 6.08 Å². The minimum absolute atomic E-state index is 0.0628. The van der Waals surface area contributed by atoms with E-state index in [9.17, 15) is 19.4 Å². The van der Waals surface area contributed by atoms with Crippen LogP contribution in [0.2, 0.25) is 0 Å². The normalized spacial score (nSPS) is 14.2. The van der Waals surface area contributed by atoms with Crippen LogP contribution >= 0.6 is 7.82 Å². The number of allylic oxidation sites excluding steroid dienone is 9. The van der Waals surface area contributed by atoms with Crippen molar-refractivity contribution in [3.05, 3.63) is 60.8 Å². The van der Waals surface area contributed by atoms with E-state index in [2.05, 4.69) is 67.8 Å². The number of aliphatic hydroxyl groups excluding tert-OH is 1. The molecule has 0 radical (unpaired) electrons. The fraction of sp³-hybridized carbons (Fsp3) is 0.833. The fourth-order valence-electron chi connectivity index (χ4n) is 9.51. The van der Waals surface area contributed by atoms with E-state index < -0.39 is 20.0 Å². The Bertz CT molecular complexity index is 1400. The summed E-state index contributed by atoms with van der Waals surface area (Å²) in [6.07, 6.45) is 78.0. The van der Waals surface area contributed by atoms with Crippen LogP contribution in [0.5, 0.6) is 0 Å². The molecular weight excluding hydrogens is 948 g/mol. The zero-order chi connectivity index (χ0) is 54.9. The van der Waals surface area contributed by atoms with Crippen molar-refractivity contribution >= 4 is 13.7 Å². The number of likely N-dealkylation sites (N-methyl/N-ethyl adjacent to an activating group) is 1. The van der Waals surface area contributed by atoms with Crippen LogP contribution in [0.25, 0.3) is 0 Å². The molecule has 0 aromatic rings. The van der Waals surface area contributed by atoms with Gasteiger partial charge in [0.25, 0.3) is 0 Å². The lowest BCUT2D eigenvalue weighted by Gasteiger charge is -2.25. The maximum absolute atomic E-state index is 13.0. The second-order valence-corrected chi connectivity index (χ2v) is 24.6. The summed E-state index contributed by atoms with van der Waals surface area (Å²) in [5, 5.41) is 13.9. The number of nitrogens with zero attached hydrogens (tertiary/aromatic N) is 1. The molecule has 9 heteroatoms. The molecule has 3 unspecified atom stereocenters. The number of rotatable bonds is 59. The van der Waals surface area contributed by atoms with E-state index in [1.165, 1.54) is 218 Å². The Morgan fingerprint density at radius 2 is 0.800 bits per heavy atom. The number of aliphatic hydroxyl groups is 1. The van der Waals surface area contributed by atoms with E-state index in [-0.39, 0.29) is 19.1 Å². The third-order valence-electron chi connectivity index (χ3n) is 14.5. The Labute approximate surface area is 466 Å². The van der Waals surface area contributed by atoms with E-state index in [4.69, 9.17) is 9.05 Å². The molecule has 3 atom stereocenters. The lowest BCUT2D eigenvalue weighted by molar-refractivity contribution is -0.870. The van der Waals surface area contributed by atoms with Gasteiger partial charge in [0, 0.05) is 6.42 Å². The quantitative estimate of drug-likeness (QED) is 0.0243.